The molecule has 2 atom stereocenters. The number of rotatable bonds is 7. The van der Waals surface area contributed by atoms with Gasteiger partial charge in [0.05, 0.1) is 38.8 Å². The van der Waals surface area contributed by atoms with E-state index >= 15 is 0 Å². The Morgan fingerprint density at radius 1 is 1.03 bits per heavy atom. The van der Waals surface area contributed by atoms with Gasteiger partial charge in [0.25, 0.3) is 0 Å². The van der Waals surface area contributed by atoms with Crippen molar-refractivity contribution in [2.45, 2.75) is 31.7 Å². The zero-order chi connectivity index (χ0) is 24.9. The van der Waals surface area contributed by atoms with Crippen molar-refractivity contribution >= 4 is 17.5 Å². The van der Waals surface area contributed by atoms with Crippen LogP contribution in [0.3, 0.4) is 0 Å². The summed E-state index contributed by atoms with van der Waals surface area (Å²) in [5.41, 5.74) is 2.36. The van der Waals surface area contributed by atoms with Crippen molar-refractivity contribution in [1.29, 1.82) is 0 Å². The summed E-state index contributed by atoms with van der Waals surface area (Å²) in [5.74, 6) is 0.979. The highest BCUT2D eigenvalue weighted by atomic mass is 16.5. The van der Waals surface area contributed by atoms with Crippen molar-refractivity contribution in [2.24, 2.45) is 5.92 Å². The molecule has 2 amide bonds. The first-order valence-electron chi connectivity index (χ1n) is 13.6. The molecule has 9 nitrogen and oxygen atoms in total. The summed E-state index contributed by atoms with van der Waals surface area (Å²) < 4.78 is 10.9. The molecular formula is C27H41N5O4. The lowest BCUT2D eigenvalue weighted by atomic mass is 9.83. The Kier molecular flexibility index (Phi) is 8.29. The summed E-state index contributed by atoms with van der Waals surface area (Å²) in [5, 5.41) is 3.25. The van der Waals surface area contributed by atoms with Crippen LogP contribution < -0.4 is 15.0 Å². The molecule has 198 valence electrons. The molecular weight excluding hydrogens is 458 g/mol. The zero-order valence-corrected chi connectivity index (χ0v) is 21.6. The predicted octanol–water partition coefficient (Wildman–Crippen LogP) is 0.819. The van der Waals surface area contributed by atoms with Gasteiger partial charge in [0, 0.05) is 57.6 Å². The zero-order valence-electron chi connectivity index (χ0n) is 21.6. The van der Waals surface area contributed by atoms with Gasteiger partial charge in [-0.3, -0.25) is 14.5 Å². The Balaban J connectivity index is 1.27. The minimum atomic E-state index is -0.145. The summed E-state index contributed by atoms with van der Waals surface area (Å²) >= 11 is 0. The van der Waals surface area contributed by atoms with Gasteiger partial charge in [-0.1, -0.05) is 12.5 Å². The topological polar surface area (TPSA) is 77.6 Å². The van der Waals surface area contributed by atoms with Crippen LogP contribution in [0.15, 0.2) is 18.2 Å². The van der Waals surface area contributed by atoms with Gasteiger partial charge in [-0.15, -0.1) is 0 Å². The molecule has 1 N–H and O–H groups in total. The minimum Gasteiger partial charge on any atom is -0.497 e. The van der Waals surface area contributed by atoms with Crippen LogP contribution >= 0.6 is 0 Å². The SMILES string of the molecule is COc1ccc2c(c1)N1CCN(CC(=O)N3CCOCC3)C[C@H]1[C@H](C(=O)NCCN1CCCCC1)C2. The number of benzene rings is 1. The van der Waals surface area contributed by atoms with Gasteiger partial charge < -0.3 is 29.5 Å². The largest absolute Gasteiger partial charge is 0.497 e. The lowest BCUT2D eigenvalue weighted by molar-refractivity contribution is -0.136. The van der Waals surface area contributed by atoms with Crippen LogP contribution in [-0.2, 0) is 20.7 Å². The average molecular weight is 500 g/mol. The van der Waals surface area contributed by atoms with Gasteiger partial charge in [0.2, 0.25) is 11.8 Å². The van der Waals surface area contributed by atoms with Crippen LogP contribution in [0, 0.1) is 5.92 Å². The number of carbonyl (C=O) groups excluding carboxylic acids is 2. The Bertz CT molecular complexity index is 915. The van der Waals surface area contributed by atoms with Crippen molar-refractivity contribution in [3.63, 3.8) is 0 Å². The molecule has 1 aromatic carbocycles. The van der Waals surface area contributed by atoms with Crippen LogP contribution in [0.25, 0.3) is 0 Å². The fourth-order valence-corrected chi connectivity index (χ4v) is 6.16. The molecule has 3 saturated heterocycles. The monoisotopic (exact) mass is 499 g/mol. The Labute approximate surface area is 214 Å². The van der Waals surface area contributed by atoms with E-state index < -0.39 is 0 Å². The first kappa shape index (κ1) is 25.3. The molecule has 0 saturated carbocycles. The van der Waals surface area contributed by atoms with Gasteiger partial charge in [-0.2, -0.15) is 0 Å². The van der Waals surface area contributed by atoms with E-state index in [1.165, 1.54) is 24.8 Å². The molecule has 0 unspecified atom stereocenters. The number of morpholine rings is 1. The maximum absolute atomic E-state index is 13.5. The molecule has 36 heavy (non-hydrogen) atoms. The van der Waals surface area contributed by atoms with Gasteiger partial charge in [-0.05, 0) is 44.0 Å². The van der Waals surface area contributed by atoms with Gasteiger partial charge in [0.15, 0.2) is 0 Å². The third kappa shape index (κ3) is 5.79. The number of hydrogen-bond donors (Lipinski definition) is 1. The van der Waals surface area contributed by atoms with Crippen molar-refractivity contribution in [2.75, 3.05) is 90.7 Å². The molecule has 4 aliphatic rings. The molecule has 0 radical (unpaired) electrons. The van der Waals surface area contributed by atoms with Crippen LogP contribution in [-0.4, -0.2) is 118 Å². The summed E-state index contributed by atoms with van der Waals surface area (Å²) in [6.45, 7) is 9.13. The molecule has 1 aromatic rings. The van der Waals surface area contributed by atoms with E-state index in [4.69, 9.17) is 9.47 Å². The van der Waals surface area contributed by atoms with Crippen molar-refractivity contribution in [3.8, 4) is 5.75 Å². The normalized spacial score (nSPS) is 25.1. The molecule has 0 aliphatic carbocycles. The number of fused-ring (bicyclic) bond motifs is 3. The van der Waals surface area contributed by atoms with E-state index in [2.05, 4.69) is 32.1 Å². The first-order valence-corrected chi connectivity index (χ1v) is 13.6. The van der Waals surface area contributed by atoms with E-state index in [9.17, 15) is 9.59 Å². The number of nitrogens with one attached hydrogen (secondary N) is 1. The predicted molar refractivity (Wildman–Crippen MR) is 138 cm³/mol. The number of nitrogens with zero attached hydrogens (tertiary/aromatic N) is 4. The summed E-state index contributed by atoms with van der Waals surface area (Å²) in [6.07, 6.45) is 4.54. The highest BCUT2D eigenvalue weighted by Crippen LogP contribution is 2.38. The number of methoxy groups -OCH3 is 1. The average Bonchev–Trinajstić information content (AvgIpc) is 2.93. The number of anilines is 1. The molecule has 3 fully saturated rings. The van der Waals surface area contributed by atoms with E-state index in [1.807, 2.05) is 11.0 Å². The van der Waals surface area contributed by atoms with Crippen LogP contribution in [0.2, 0.25) is 0 Å². The van der Waals surface area contributed by atoms with Crippen LogP contribution in [0.5, 0.6) is 5.75 Å². The van der Waals surface area contributed by atoms with E-state index in [0.29, 0.717) is 52.4 Å². The maximum Gasteiger partial charge on any atom is 0.236 e. The Morgan fingerprint density at radius 3 is 2.61 bits per heavy atom. The Morgan fingerprint density at radius 2 is 1.83 bits per heavy atom. The summed E-state index contributed by atoms with van der Waals surface area (Å²) in [6, 6.07) is 6.22. The number of piperazine rings is 1. The number of likely N-dealkylation sites (tertiary alicyclic amines) is 1. The lowest BCUT2D eigenvalue weighted by Crippen LogP contribution is -2.62. The van der Waals surface area contributed by atoms with E-state index in [-0.39, 0.29) is 23.8 Å². The second-order valence-electron chi connectivity index (χ2n) is 10.5. The third-order valence-electron chi connectivity index (χ3n) is 8.24. The molecule has 4 heterocycles. The highest BCUT2D eigenvalue weighted by molar-refractivity contribution is 5.82. The van der Waals surface area contributed by atoms with E-state index in [1.54, 1.807) is 7.11 Å². The van der Waals surface area contributed by atoms with Crippen LogP contribution in [0.4, 0.5) is 5.69 Å². The van der Waals surface area contributed by atoms with Crippen LogP contribution in [0.1, 0.15) is 24.8 Å². The number of hydrogen-bond acceptors (Lipinski definition) is 7. The fourth-order valence-electron chi connectivity index (χ4n) is 6.16. The standard InChI is InChI=1S/C27H41N5O4/c1-35-22-6-5-21-17-23(27(34)28-7-10-29-8-3-2-4-9-29)25-19-30(11-12-32(25)24(21)18-22)20-26(33)31-13-15-36-16-14-31/h5-6,18,23,25H,2-4,7-17,19-20H2,1H3,(H,28,34)/t23-,25+/m1/s1. The summed E-state index contributed by atoms with van der Waals surface area (Å²) in [4.78, 5) is 35.4. The smallest absolute Gasteiger partial charge is 0.236 e. The molecule has 4 aliphatic heterocycles. The highest BCUT2D eigenvalue weighted by Gasteiger charge is 2.42. The van der Waals surface area contributed by atoms with Crippen molar-refractivity contribution in [3.05, 3.63) is 23.8 Å². The quantitative estimate of drug-likeness (QED) is 0.595. The first-order chi connectivity index (χ1) is 17.6. The molecule has 0 aromatic heterocycles. The van der Waals surface area contributed by atoms with E-state index in [0.717, 1.165) is 44.2 Å². The lowest BCUT2D eigenvalue weighted by Gasteiger charge is -2.49. The number of ether oxygens (including phenoxy) is 2. The second-order valence-corrected chi connectivity index (χ2v) is 10.5. The number of piperidine rings is 1. The minimum absolute atomic E-state index is 0.0332. The van der Waals surface area contributed by atoms with Crippen molar-refractivity contribution in [1.82, 2.24) is 20.0 Å². The Hall–Kier alpha value is -2.36. The van der Waals surface area contributed by atoms with Crippen molar-refractivity contribution < 1.29 is 19.1 Å². The van der Waals surface area contributed by atoms with Gasteiger partial charge in [0.1, 0.15) is 5.75 Å². The third-order valence-corrected chi connectivity index (χ3v) is 8.24. The fraction of sp³-hybridized carbons (Fsp3) is 0.704. The van der Waals surface area contributed by atoms with Gasteiger partial charge in [-0.25, -0.2) is 0 Å². The molecule has 5 rings (SSSR count). The number of carbonyl (C=O) groups is 2. The number of amides is 2. The molecule has 0 bridgehead atoms. The van der Waals surface area contributed by atoms with Gasteiger partial charge >= 0.3 is 0 Å². The maximum atomic E-state index is 13.5. The molecule has 9 heteroatoms. The molecule has 0 spiro atoms. The second kappa shape index (κ2) is 11.8. The summed E-state index contributed by atoms with van der Waals surface area (Å²) in [7, 11) is 1.69.